The molecule has 1 aromatic heterocycles. The zero-order valence-corrected chi connectivity index (χ0v) is 17.0. The second-order valence-corrected chi connectivity index (χ2v) is 8.37. The minimum absolute atomic E-state index is 0.0563. The Morgan fingerprint density at radius 3 is 2.77 bits per heavy atom. The minimum Gasteiger partial charge on any atom is -0.370 e. The molecule has 140 valence electrons. The van der Waals surface area contributed by atoms with Crippen LogP contribution in [0.1, 0.15) is 46.4 Å². The third kappa shape index (κ3) is 4.27. The number of thiophene rings is 1. The van der Waals surface area contributed by atoms with E-state index < -0.39 is 0 Å². The van der Waals surface area contributed by atoms with Crippen molar-refractivity contribution in [3.63, 3.8) is 0 Å². The molecule has 1 amide bonds. The maximum Gasteiger partial charge on any atom is 0.261 e. The van der Waals surface area contributed by atoms with Crippen molar-refractivity contribution in [2.75, 3.05) is 24.5 Å². The fraction of sp³-hybridized carbons (Fsp3) is 0.476. The van der Waals surface area contributed by atoms with Crippen LogP contribution in [0.25, 0.3) is 0 Å². The number of amides is 1. The summed E-state index contributed by atoms with van der Waals surface area (Å²) >= 11 is 1.65. The maximum atomic E-state index is 12.5. The average molecular weight is 372 g/mol. The molecular weight excluding hydrogens is 342 g/mol. The monoisotopic (exact) mass is 371 g/mol. The molecule has 1 N–H and O–H groups in total. The van der Waals surface area contributed by atoms with Gasteiger partial charge < -0.3 is 10.2 Å². The first-order valence-electron chi connectivity index (χ1n) is 9.43. The standard InChI is InChI=1S/C21H29N3OS/c1-5-23(18-8-6-7-16(4)11-18)10-9-22-21(25)19-12-17-13-24(15(2)3)14-20(17)26-19/h6-8,11-12,15H,5,9-10,13-14H2,1-4H3,(H,22,25). The predicted molar refractivity (Wildman–Crippen MR) is 110 cm³/mol. The Balaban J connectivity index is 1.53. The number of rotatable bonds is 7. The van der Waals surface area contributed by atoms with Crippen LogP contribution in [0.4, 0.5) is 5.69 Å². The van der Waals surface area contributed by atoms with Gasteiger partial charge in [0, 0.05) is 49.3 Å². The van der Waals surface area contributed by atoms with Gasteiger partial charge in [0.25, 0.3) is 5.91 Å². The Labute approximate surface area is 160 Å². The highest BCUT2D eigenvalue weighted by Crippen LogP contribution is 2.32. The highest BCUT2D eigenvalue weighted by molar-refractivity contribution is 7.14. The molecule has 0 bridgehead atoms. The van der Waals surface area contributed by atoms with Crippen LogP contribution in [-0.4, -0.2) is 36.5 Å². The fourth-order valence-electron chi connectivity index (χ4n) is 3.36. The Hall–Kier alpha value is -1.85. The van der Waals surface area contributed by atoms with E-state index in [1.54, 1.807) is 11.3 Å². The van der Waals surface area contributed by atoms with E-state index in [1.165, 1.54) is 21.7 Å². The first-order valence-corrected chi connectivity index (χ1v) is 10.2. The van der Waals surface area contributed by atoms with Crippen molar-refractivity contribution in [2.24, 2.45) is 0 Å². The minimum atomic E-state index is 0.0563. The lowest BCUT2D eigenvalue weighted by Gasteiger charge is -2.23. The second kappa shape index (κ2) is 8.23. The molecule has 26 heavy (non-hydrogen) atoms. The summed E-state index contributed by atoms with van der Waals surface area (Å²) in [6.45, 7) is 13.0. The first kappa shape index (κ1) is 18.9. The summed E-state index contributed by atoms with van der Waals surface area (Å²) in [5.41, 5.74) is 3.79. The van der Waals surface area contributed by atoms with Gasteiger partial charge in [0.2, 0.25) is 0 Å². The molecule has 1 aromatic carbocycles. The quantitative estimate of drug-likeness (QED) is 0.798. The zero-order chi connectivity index (χ0) is 18.7. The molecule has 0 unspecified atom stereocenters. The molecule has 0 saturated carbocycles. The predicted octanol–water partition coefficient (Wildman–Crippen LogP) is 4.04. The molecular formula is C21H29N3OS. The molecule has 3 rings (SSSR count). The van der Waals surface area contributed by atoms with E-state index in [1.807, 2.05) is 0 Å². The number of nitrogens with zero attached hydrogens (tertiary/aromatic N) is 2. The van der Waals surface area contributed by atoms with E-state index in [4.69, 9.17) is 0 Å². The van der Waals surface area contributed by atoms with E-state index in [-0.39, 0.29) is 5.91 Å². The van der Waals surface area contributed by atoms with Gasteiger partial charge in [0.05, 0.1) is 4.88 Å². The van der Waals surface area contributed by atoms with Crippen molar-refractivity contribution in [1.82, 2.24) is 10.2 Å². The molecule has 0 aliphatic carbocycles. The molecule has 2 aromatic rings. The van der Waals surface area contributed by atoms with Crippen LogP contribution in [-0.2, 0) is 13.1 Å². The van der Waals surface area contributed by atoms with Crippen LogP contribution in [0.3, 0.4) is 0 Å². The first-order chi connectivity index (χ1) is 12.5. The number of hydrogen-bond donors (Lipinski definition) is 1. The molecule has 0 radical (unpaired) electrons. The van der Waals surface area contributed by atoms with E-state index in [9.17, 15) is 4.79 Å². The van der Waals surface area contributed by atoms with Gasteiger partial charge in [-0.25, -0.2) is 0 Å². The van der Waals surface area contributed by atoms with Gasteiger partial charge in [-0.05, 0) is 57.0 Å². The number of fused-ring (bicyclic) bond motifs is 1. The summed E-state index contributed by atoms with van der Waals surface area (Å²) in [6, 6.07) is 11.1. The maximum absolute atomic E-state index is 12.5. The summed E-state index contributed by atoms with van der Waals surface area (Å²) in [5, 5.41) is 3.09. The molecule has 0 atom stereocenters. The van der Waals surface area contributed by atoms with Gasteiger partial charge in [-0.1, -0.05) is 12.1 Å². The van der Waals surface area contributed by atoms with E-state index in [0.29, 0.717) is 12.6 Å². The van der Waals surface area contributed by atoms with Crippen molar-refractivity contribution in [2.45, 2.75) is 46.8 Å². The number of benzene rings is 1. The normalized spacial score (nSPS) is 13.9. The summed E-state index contributed by atoms with van der Waals surface area (Å²) < 4.78 is 0. The number of anilines is 1. The van der Waals surface area contributed by atoms with Crippen LogP contribution in [0.15, 0.2) is 30.3 Å². The SMILES string of the molecule is CCN(CCNC(=O)c1cc2c(s1)CN(C(C)C)C2)c1cccc(C)c1. The Bertz CT molecular complexity index is 745. The Morgan fingerprint density at radius 1 is 1.31 bits per heavy atom. The van der Waals surface area contributed by atoms with Gasteiger partial charge in [-0.15, -0.1) is 11.3 Å². The third-order valence-electron chi connectivity index (χ3n) is 4.99. The Morgan fingerprint density at radius 2 is 2.12 bits per heavy atom. The van der Waals surface area contributed by atoms with Crippen LogP contribution >= 0.6 is 11.3 Å². The molecule has 5 heteroatoms. The van der Waals surface area contributed by atoms with Crippen molar-refractivity contribution in [3.05, 3.63) is 51.2 Å². The molecule has 0 fully saturated rings. The van der Waals surface area contributed by atoms with Crippen molar-refractivity contribution >= 4 is 22.9 Å². The molecule has 0 spiro atoms. The van der Waals surface area contributed by atoms with Gasteiger partial charge in [0.15, 0.2) is 0 Å². The van der Waals surface area contributed by atoms with E-state index in [0.717, 1.165) is 31.1 Å². The van der Waals surface area contributed by atoms with Gasteiger partial charge >= 0.3 is 0 Å². The number of carbonyl (C=O) groups excluding carboxylic acids is 1. The lowest BCUT2D eigenvalue weighted by Crippen LogP contribution is -2.34. The van der Waals surface area contributed by atoms with Crippen molar-refractivity contribution < 1.29 is 4.79 Å². The summed E-state index contributed by atoms with van der Waals surface area (Å²) in [5.74, 6) is 0.0563. The molecule has 4 nitrogen and oxygen atoms in total. The summed E-state index contributed by atoms with van der Waals surface area (Å²) in [4.78, 5) is 19.4. The highest BCUT2D eigenvalue weighted by Gasteiger charge is 2.25. The van der Waals surface area contributed by atoms with Gasteiger partial charge in [0.1, 0.15) is 0 Å². The second-order valence-electron chi connectivity index (χ2n) is 7.23. The van der Waals surface area contributed by atoms with Crippen LogP contribution in [0, 0.1) is 6.92 Å². The smallest absolute Gasteiger partial charge is 0.261 e. The van der Waals surface area contributed by atoms with Gasteiger partial charge in [-0.2, -0.15) is 0 Å². The van der Waals surface area contributed by atoms with Crippen LogP contribution in [0.5, 0.6) is 0 Å². The molecule has 2 heterocycles. The average Bonchev–Trinajstić information content (AvgIpc) is 3.17. The largest absolute Gasteiger partial charge is 0.370 e. The van der Waals surface area contributed by atoms with Gasteiger partial charge in [-0.3, -0.25) is 9.69 Å². The molecule has 1 aliphatic heterocycles. The lowest BCUT2D eigenvalue weighted by molar-refractivity contribution is 0.0958. The molecule has 0 saturated heterocycles. The number of nitrogens with one attached hydrogen (secondary N) is 1. The van der Waals surface area contributed by atoms with E-state index in [2.05, 4.69) is 73.1 Å². The Kier molecular flexibility index (Phi) is 5.99. The topological polar surface area (TPSA) is 35.6 Å². The van der Waals surface area contributed by atoms with Crippen LogP contribution in [0.2, 0.25) is 0 Å². The van der Waals surface area contributed by atoms with Crippen LogP contribution < -0.4 is 10.2 Å². The molecule has 1 aliphatic rings. The summed E-state index contributed by atoms with van der Waals surface area (Å²) in [6.07, 6.45) is 0. The summed E-state index contributed by atoms with van der Waals surface area (Å²) in [7, 11) is 0. The number of hydrogen-bond acceptors (Lipinski definition) is 4. The van der Waals surface area contributed by atoms with Crippen molar-refractivity contribution in [3.8, 4) is 0 Å². The zero-order valence-electron chi connectivity index (χ0n) is 16.2. The fourth-order valence-corrected chi connectivity index (χ4v) is 4.47. The van der Waals surface area contributed by atoms with E-state index >= 15 is 0 Å². The van der Waals surface area contributed by atoms with Crippen molar-refractivity contribution in [1.29, 1.82) is 0 Å². The third-order valence-corrected chi connectivity index (χ3v) is 6.15. The highest BCUT2D eigenvalue weighted by atomic mass is 32.1. The number of likely N-dealkylation sites (N-methyl/N-ethyl adjacent to an activating group) is 1. The lowest BCUT2D eigenvalue weighted by atomic mass is 10.2. The number of aryl methyl sites for hydroxylation is 1. The number of carbonyl (C=O) groups is 1.